The number of nitrogens with one attached hydrogen (secondary N) is 1. The molecule has 0 amide bonds. The second-order valence-corrected chi connectivity index (χ2v) is 6.07. The zero-order valence-corrected chi connectivity index (χ0v) is 14.5. The van der Waals surface area contributed by atoms with Crippen LogP contribution in [0, 0.1) is 0 Å². The Bertz CT molecular complexity index is 644. The molecular formula is C19H26N4O. The van der Waals surface area contributed by atoms with Crippen molar-refractivity contribution in [3.63, 3.8) is 0 Å². The van der Waals surface area contributed by atoms with E-state index in [1.54, 1.807) is 0 Å². The number of aromatic nitrogens is 2. The number of anilines is 3. The van der Waals surface area contributed by atoms with Gasteiger partial charge in [0.2, 0.25) is 5.95 Å². The number of hydrogen-bond donors (Lipinski definition) is 1. The first-order valence-corrected chi connectivity index (χ1v) is 8.89. The summed E-state index contributed by atoms with van der Waals surface area (Å²) in [5.41, 5.74) is 0.960. The maximum atomic E-state index is 5.47. The summed E-state index contributed by atoms with van der Waals surface area (Å²) in [5.74, 6) is 2.53. The van der Waals surface area contributed by atoms with Crippen molar-refractivity contribution in [2.45, 2.75) is 45.6 Å². The molecule has 1 aromatic heterocycles. The lowest BCUT2D eigenvalue weighted by Gasteiger charge is -2.36. The van der Waals surface area contributed by atoms with Gasteiger partial charge in [0.15, 0.2) is 0 Å². The molecule has 1 aliphatic rings. The van der Waals surface area contributed by atoms with E-state index in [9.17, 15) is 0 Å². The summed E-state index contributed by atoms with van der Waals surface area (Å²) in [4.78, 5) is 11.5. The molecule has 1 fully saturated rings. The summed E-state index contributed by atoms with van der Waals surface area (Å²) >= 11 is 0. The largest absolute Gasteiger partial charge is 0.494 e. The maximum absolute atomic E-state index is 5.47. The van der Waals surface area contributed by atoms with Crippen molar-refractivity contribution in [2.75, 3.05) is 23.4 Å². The lowest BCUT2D eigenvalue weighted by atomic mass is 10.0. The molecule has 5 heteroatoms. The Hall–Kier alpha value is -2.30. The lowest BCUT2D eigenvalue weighted by Crippen LogP contribution is -2.39. The van der Waals surface area contributed by atoms with Crippen LogP contribution in [0.25, 0.3) is 0 Å². The van der Waals surface area contributed by atoms with Crippen LogP contribution in [0.2, 0.25) is 0 Å². The summed E-state index contributed by atoms with van der Waals surface area (Å²) in [6, 6.07) is 10.5. The van der Waals surface area contributed by atoms with Gasteiger partial charge in [0.1, 0.15) is 11.6 Å². The van der Waals surface area contributed by atoms with Gasteiger partial charge < -0.3 is 15.0 Å². The van der Waals surface area contributed by atoms with Gasteiger partial charge in [-0.1, -0.05) is 6.92 Å². The Morgan fingerprint density at radius 1 is 1.17 bits per heavy atom. The smallest absolute Gasteiger partial charge is 0.229 e. The molecule has 1 N–H and O–H groups in total. The molecule has 0 radical (unpaired) electrons. The molecule has 1 aromatic carbocycles. The summed E-state index contributed by atoms with van der Waals surface area (Å²) in [6.45, 7) is 5.99. The van der Waals surface area contributed by atoms with Crippen molar-refractivity contribution >= 4 is 17.5 Å². The first kappa shape index (κ1) is 16.6. The average Bonchev–Trinajstić information content (AvgIpc) is 2.64. The molecule has 2 heterocycles. The fraction of sp³-hybridized carbons (Fsp3) is 0.474. The summed E-state index contributed by atoms with van der Waals surface area (Å²) < 4.78 is 5.47. The first-order valence-electron chi connectivity index (χ1n) is 8.89. The Morgan fingerprint density at radius 2 is 2.00 bits per heavy atom. The van der Waals surface area contributed by atoms with E-state index in [1.807, 2.05) is 43.5 Å². The molecule has 2 aromatic rings. The van der Waals surface area contributed by atoms with E-state index in [0.29, 0.717) is 18.6 Å². The van der Waals surface area contributed by atoms with Crippen LogP contribution in [-0.2, 0) is 0 Å². The van der Waals surface area contributed by atoms with Crippen LogP contribution in [0.4, 0.5) is 17.5 Å². The minimum atomic E-state index is 0.590. The van der Waals surface area contributed by atoms with Gasteiger partial charge in [-0.15, -0.1) is 0 Å². The third-order valence-electron chi connectivity index (χ3n) is 4.45. The van der Waals surface area contributed by atoms with Crippen LogP contribution in [0.15, 0.2) is 36.5 Å². The minimum absolute atomic E-state index is 0.590. The van der Waals surface area contributed by atoms with E-state index in [1.165, 1.54) is 19.3 Å². The molecule has 1 aliphatic heterocycles. The van der Waals surface area contributed by atoms with Gasteiger partial charge in [0.25, 0.3) is 0 Å². The second-order valence-electron chi connectivity index (χ2n) is 6.07. The molecule has 0 saturated carbocycles. The highest BCUT2D eigenvalue weighted by molar-refractivity contribution is 5.56. The quantitative estimate of drug-likeness (QED) is 0.853. The van der Waals surface area contributed by atoms with Crippen LogP contribution in [-0.4, -0.2) is 29.2 Å². The Kier molecular flexibility index (Phi) is 5.51. The SMILES string of the molecule is CCOc1ccc(Nc2nccc(N3CCCCC3CC)n2)cc1. The standard InChI is InChI=1S/C19H26N4O/c1-3-16-7-5-6-14-23(16)18-12-13-20-19(22-18)21-15-8-10-17(11-9-15)24-4-2/h8-13,16H,3-7,14H2,1-2H3,(H,20,21,22). The van der Waals surface area contributed by atoms with Crippen molar-refractivity contribution in [2.24, 2.45) is 0 Å². The number of nitrogens with zero attached hydrogens (tertiary/aromatic N) is 3. The fourth-order valence-electron chi connectivity index (χ4n) is 3.23. The Balaban J connectivity index is 1.72. The predicted molar refractivity (Wildman–Crippen MR) is 98.2 cm³/mol. The summed E-state index contributed by atoms with van der Waals surface area (Å²) in [5, 5.41) is 3.28. The number of piperidine rings is 1. The zero-order chi connectivity index (χ0) is 16.8. The van der Waals surface area contributed by atoms with Crippen LogP contribution in [0.1, 0.15) is 39.5 Å². The van der Waals surface area contributed by atoms with Gasteiger partial charge in [-0.3, -0.25) is 0 Å². The predicted octanol–water partition coefficient (Wildman–Crippen LogP) is 4.39. The van der Waals surface area contributed by atoms with Crippen molar-refractivity contribution in [1.82, 2.24) is 9.97 Å². The number of rotatable bonds is 6. The van der Waals surface area contributed by atoms with Crippen molar-refractivity contribution in [3.05, 3.63) is 36.5 Å². The molecule has 0 aliphatic carbocycles. The Labute approximate surface area is 144 Å². The van der Waals surface area contributed by atoms with E-state index < -0.39 is 0 Å². The maximum Gasteiger partial charge on any atom is 0.229 e. The molecular weight excluding hydrogens is 300 g/mol. The molecule has 24 heavy (non-hydrogen) atoms. The lowest BCUT2D eigenvalue weighted by molar-refractivity contribution is 0.340. The average molecular weight is 326 g/mol. The first-order chi connectivity index (χ1) is 11.8. The van der Waals surface area contributed by atoms with Gasteiger partial charge in [-0.25, -0.2) is 4.98 Å². The summed E-state index contributed by atoms with van der Waals surface area (Å²) in [6.07, 6.45) is 6.80. The van der Waals surface area contributed by atoms with Crippen LogP contribution in [0.5, 0.6) is 5.75 Å². The third kappa shape index (κ3) is 3.96. The second kappa shape index (κ2) is 7.99. The highest BCUT2D eigenvalue weighted by Crippen LogP contribution is 2.26. The van der Waals surface area contributed by atoms with Crippen LogP contribution >= 0.6 is 0 Å². The molecule has 1 atom stereocenters. The van der Waals surface area contributed by atoms with E-state index in [-0.39, 0.29) is 0 Å². The van der Waals surface area contributed by atoms with Gasteiger partial charge in [0, 0.05) is 24.5 Å². The highest BCUT2D eigenvalue weighted by atomic mass is 16.5. The van der Waals surface area contributed by atoms with Gasteiger partial charge >= 0.3 is 0 Å². The highest BCUT2D eigenvalue weighted by Gasteiger charge is 2.22. The zero-order valence-electron chi connectivity index (χ0n) is 14.5. The molecule has 0 bridgehead atoms. The number of benzene rings is 1. The minimum Gasteiger partial charge on any atom is -0.494 e. The monoisotopic (exact) mass is 326 g/mol. The van der Waals surface area contributed by atoms with Gasteiger partial charge in [0.05, 0.1) is 6.61 Å². The molecule has 128 valence electrons. The van der Waals surface area contributed by atoms with E-state index in [2.05, 4.69) is 22.1 Å². The van der Waals surface area contributed by atoms with Crippen LogP contribution < -0.4 is 15.0 Å². The fourth-order valence-corrected chi connectivity index (χ4v) is 3.23. The van der Waals surface area contributed by atoms with Crippen molar-refractivity contribution < 1.29 is 4.74 Å². The Morgan fingerprint density at radius 3 is 2.75 bits per heavy atom. The van der Waals surface area contributed by atoms with E-state index in [4.69, 9.17) is 9.72 Å². The summed E-state index contributed by atoms with van der Waals surface area (Å²) in [7, 11) is 0. The number of ether oxygens (including phenoxy) is 1. The molecule has 0 spiro atoms. The molecule has 1 unspecified atom stereocenters. The van der Waals surface area contributed by atoms with Crippen LogP contribution in [0.3, 0.4) is 0 Å². The number of hydrogen-bond acceptors (Lipinski definition) is 5. The van der Waals surface area contributed by atoms with E-state index in [0.717, 1.165) is 30.2 Å². The molecule has 3 rings (SSSR count). The topological polar surface area (TPSA) is 50.3 Å². The van der Waals surface area contributed by atoms with E-state index >= 15 is 0 Å². The molecule has 5 nitrogen and oxygen atoms in total. The molecule has 1 saturated heterocycles. The van der Waals surface area contributed by atoms with Crippen molar-refractivity contribution in [1.29, 1.82) is 0 Å². The third-order valence-corrected chi connectivity index (χ3v) is 4.45. The van der Waals surface area contributed by atoms with Gasteiger partial charge in [-0.2, -0.15) is 4.98 Å². The normalized spacial score (nSPS) is 17.6. The van der Waals surface area contributed by atoms with Gasteiger partial charge in [-0.05, 0) is 62.9 Å². The van der Waals surface area contributed by atoms with Crippen molar-refractivity contribution in [3.8, 4) is 5.75 Å².